The molecule has 0 saturated carbocycles. The van der Waals surface area contributed by atoms with Crippen LogP contribution in [0.5, 0.6) is 0 Å². The zero-order valence-electron chi connectivity index (χ0n) is 10.8. The molecule has 1 N–H and O–H groups in total. The van der Waals surface area contributed by atoms with Crippen molar-refractivity contribution in [2.24, 2.45) is 0 Å². The predicted octanol–water partition coefficient (Wildman–Crippen LogP) is 2.46. The fraction of sp³-hybridized carbons (Fsp3) is 0.500. The van der Waals surface area contributed by atoms with Gasteiger partial charge in [0.2, 0.25) is 0 Å². The van der Waals surface area contributed by atoms with Gasteiger partial charge in [0.15, 0.2) is 0 Å². The summed E-state index contributed by atoms with van der Waals surface area (Å²) in [5.74, 6) is 0. The van der Waals surface area contributed by atoms with E-state index in [0.29, 0.717) is 5.56 Å². The van der Waals surface area contributed by atoms with E-state index in [-0.39, 0.29) is 5.60 Å². The van der Waals surface area contributed by atoms with Gasteiger partial charge >= 0.3 is 0 Å². The van der Waals surface area contributed by atoms with Crippen molar-refractivity contribution < 1.29 is 4.74 Å². The Morgan fingerprint density at radius 2 is 1.94 bits per heavy atom. The molecule has 3 nitrogen and oxygen atoms in total. The third-order valence-electron chi connectivity index (χ3n) is 2.87. The molecular weight excluding hydrogens is 212 g/mol. The summed E-state index contributed by atoms with van der Waals surface area (Å²) in [6.07, 6.45) is 0.972. The molecule has 92 valence electrons. The van der Waals surface area contributed by atoms with Crippen LogP contribution in [0.1, 0.15) is 31.4 Å². The average molecular weight is 232 g/mol. The summed E-state index contributed by atoms with van der Waals surface area (Å²) in [6, 6.07) is 9.76. The van der Waals surface area contributed by atoms with Crippen LogP contribution in [0.25, 0.3) is 0 Å². The van der Waals surface area contributed by atoms with E-state index in [1.54, 1.807) is 7.11 Å². The minimum absolute atomic E-state index is 0.0718. The molecule has 1 aromatic rings. The average Bonchev–Trinajstić information content (AvgIpc) is 2.35. The second-order valence-electron chi connectivity index (χ2n) is 4.70. The molecule has 0 unspecified atom stereocenters. The van der Waals surface area contributed by atoms with Gasteiger partial charge in [0, 0.05) is 13.7 Å². The molecule has 0 atom stereocenters. The predicted molar refractivity (Wildman–Crippen MR) is 68.6 cm³/mol. The van der Waals surface area contributed by atoms with Crippen LogP contribution in [0, 0.1) is 11.3 Å². The minimum atomic E-state index is -0.0718. The van der Waals surface area contributed by atoms with Gasteiger partial charge < -0.3 is 10.1 Å². The number of nitrogens with one attached hydrogen (secondary N) is 1. The first-order chi connectivity index (χ1) is 8.07. The third-order valence-corrected chi connectivity index (χ3v) is 2.87. The second-order valence-corrected chi connectivity index (χ2v) is 4.70. The lowest BCUT2D eigenvalue weighted by Gasteiger charge is -2.22. The molecule has 0 fully saturated rings. The summed E-state index contributed by atoms with van der Waals surface area (Å²) in [4.78, 5) is 0. The lowest BCUT2D eigenvalue weighted by Crippen LogP contribution is -2.28. The molecule has 1 rings (SSSR count). The van der Waals surface area contributed by atoms with Gasteiger partial charge in [-0.1, -0.05) is 12.1 Å². The van der Waals surface area contributed by atoms with Crippen LogP contribution in [-0.4, -0.2) is 19.3 Å². The van der Waals surface area contributed by atoms with E-state index in [2.05, 4.69) is 25.2 Å². The zero-order valence-corrected chi connectivity index (χ0v) is 10.8. The highest BCUT2D eigenvalue weighted by atomic mass is 16.5. The van der Waals surface area contributed by atoms with Gasteiger partial charge in [0.05, 0.1) is 17.2 Å². The maximum absolute atomic E-state index is 8.68. The van der Waals surface area contributed by atoms with Crippen molar-refractivity contribution in [2.75, 3.05) is 13.7 Å². The van der Waals surface area contributed by atoms with Crippen LogP contribution in [0.15, 0.2) is 24.3 Å². The Morgan fingerprint density at radius 3 is 2.47 bits per heavy atom. The number of hydrogen-bond acceptors (Lipinski definition) is 3. The summed E-state index contributed by atoms with van der Waals surface area (Å²) in [7, 11) is 1.74. The van der Waals surface area contributed by atoms with Crippen LogP contribution in [0.2, 0.25) is 0 Å². The number of nitriles is 1. The minimum Gasteiger partial charge on any atom is -0.379 e. The quantitative estimate of drug-likeness (QED) is 0.766. The number of methoxy groups -OCH3 is 1. The highest BCUT2D eigenvalue weighted by molar-refractivity contribution is 5.31. The molecule has 1 aromatic carbocycles. The smallest absolute Gasteiger partial charge is 0.0991 e. The third kappa shape index (κ3) is 4.99. The first-order valence-electron chi connectivity index (χ1n) is 5.82. The van der Waals surface area contributed by atoms with Crippen molar-refractivity contribution in [1.82, 2.24) is 5.32 Å². The molecule has 0 bridgehead atoms. The van der Waals surface area contributed by atoms with E-state index < -0.39 is 0 Å². The van der Waals surface area contributed by atoms with E-state index in [0.717, 1.165) is 19.5 Å². The van der Waals surface area contributed by atoms with Crippen LogP contribution < -0.4 is 5.32 Å². The van der Waals surface area contributed by atoms with Crippen LogP contribution in [0.4, 0.5) is 0 Å². The molecule has 0 spiro atoms. The van der Waals surface area contributed by atoms with E-state index in [1.807, 2.05) is 24.3 Å². The van der Waals surface area contributed by atoms with Crippen LogP contribution in [0.3, 0.4) is 0 Å². The summed E-state index contributed by atoms with van der Waals surface area (Å²) in [6.45, 7) is 5.90. The summed E-state index contributed by atoms with van der Waals surface area (Å²) in [5.41, 5.74) is 1.82. The highest BCUT2D eigenvalue weighted by Crippen LogP contribution is 2.11. The van der Waals surface area contributed by atoms with E-state index in [1.165, 1.54) is 5.56 Å². The molecule has 0 heterocycles. The molecule has 0 aliphatic rings. The van der Waals surface area contributed by atoms with Gasteiger partial charge in [-0.25, -0.2) is 0 Å². The molecule has 0 amide bonds. The van der Waals surface area contributed by atoms with Gasteiger partial charge in [-0.3, -0.25) is 0 Å². The maximum atomic E-state index is 8.68. The van der Waals surface area contributed by atoms with E-state index in [4.69, 9.17) is 10.00 Å². The van der Waals surface area contributed by atoms with Gasteiger partial charge in [0.1, 0.15) is 0 Å². The Balaban J connectivity index is 2.29. The van der Waals surface area contributed by atoms with Crippen molar-refractivity contribution in [3.05, 3.63) is 35.4 Å². The molecule has 0 aliphatic heterocycles. The number of ether oxygens (including phenoxy) is 1. The molecule has 0 aromatic heterocycles. The SMILES string of the molecule is COC(C)(C)CCNCc1ccc(C#N)cc1. The topological polar surface area (TPSA) is 45.0 Å². The van der Waals surface area contributed by atoms with Crippen molar-refractivity contribution in [3.63, 3.8) is 0 Å². The number of nitrogens with zero attached hydrogens (tertiary/aromatic N) is 1. The first kappa shape index (κ1) is 13.7. The lowest BCUT2D eigenvalue weighted by atomic mass is 10.1. The molecular formula is C14H20N2O. The first-order valence-corrected chi connectivity index (χ1v) is 5.82. The highest BCUT2D eigenvalue weighted by Gasteiger charge is 2.14. The Hall–Kier alpha value is -1.37. The molecule has 0 radical (unpaired) electrons. The molecule has 0 saturated heterocycles. The monoisotopic (exact) mass is 232 g/mol. The van der Waals surface area contributed by atoms with Crippen molar-refractivity contribution in [1.29, 1.82) is 5.26 Å². The number of rotatable bonds is 6. The Kier molecular flexibility index (Phi) is 5.14. The Bertz CT molecular complexity index is 376. The summed E-state index contributed by atoms with van der Waals surface area (Å²) < 4.78 is 5.34. The fourth-order valence-corrected chi connectivity index (χ4v) is 1.42. The Labute approximate surface area is 103 Å². The number of benzene rings is 1. The normalized spacial score (nSPS) is 11.2. The van der Waals surface area contributed by atoms with Gasteiger partial charge in [0.25, 0.3) is 0 Å². The van der Waals surface area contributed by atoms with E-state index in [9.17, 15) is 0 Å². The van der Waals surface area contributed by atoms with Crippen molar-refractivity contribution in [2.45, 2.75) is 32.4 Å². The Morgan fingerprint density at radius 1 is 1.29 bits per heavy atom. The maximum Gasteiger partial charge on any atom is 0.0991 e. The van der Waals surface area contributed by atoms with Crippen molar-refractivity contribution in [3.8, 4) is 6.07 Å². The fourth-order valence-electron chi connectivity index (χ4n) is 1.42. The molecule has 0 aliphatic carbocycles. The largest absolute Gasteiger partial charge is 0.379 e. The van der Waals surface area contributed by atoms with Crippen molar-refractivity contribution >= 4 is 0 Å². The summed E-state index contributed by atoms with van der Waals surface area (Å²) >= 11 is 0. The van der Waals surface area contributed by atoms with Gasteiger partial charge in [-0.05, 0) is 44.5 Å². The standard InChI is InChI=1S/C14H20N2O/c1-14(2,17-3)8-9-16-11-13-6-4-12(10-15)5-7-13/h4-7,16H,8-9,11H2,1-3H3. The molecule has 17 heavy (non-hydrogen) atoms. The second kappa shape index (κ2) is 6.39. The molecule has 3 heteroatoms. The number of hydrogen-bond donors (Lipinski definition) is 1. The van der Waals surface area contributed by atoms with Crippen LogP contribution in [-0.2, 0) is 11.3 Å². The van der Waals surface area contributed by atoms with Crippen LogP contribution >= 0.6 is 0 Å². The van der Waals surface area contributed by atoms with E-state index >= 15 is 0 Å². The van der Waals surface area contributed by atoms with Gasteiger partial charge in [-0.15, -0.1) is 0 Å². The zero-order chi connectivity index (χ0) is 12.7. The lowest BCUT2D eigenvalue weighted by molar-refractivity contribution is 0.0158. The van der Waals surface area contributed by atoms with Gasteiger partial charge in [-0.2, -0.15) is 5.26 Å². The summed E-state index contributed by atoms with van der Waals surface area (Å²) in [5, 5.41) is 12.0.